The molecule has 3 rings (SSSR count). The van der Waals surface area contributed by atoms with Crippen LogP contribution in [0, 0.1) is 5.82 Å². The van der Waals surface area contributed by atoms with Gasteiger partial charge in [-0.2, -0.15) is 0 Å². The smallest absolute Gasteiger partial charge is 0.322 e. The summed E-state index contributed by atoms with van der Waals surface area (Å²) in [5.74, 6) is -0.247. The van der Waals surface area contributed by atoms with E-state index in [1.807, 2.05) is 0 Å². The third-order valence-corrected chi connectivity index (χ3v) is 4.34. The van der Waals surface area contributed by atoms with Crippen molar-refractivity contribution in [2.24, 2.45) is 0 Å². The van der Waals surface area contributed by atoms with Gasteiger partial charge < -0.3 is 10.1 Å². The van der Waals surface area contributed by atoms with Crippen LogP contribution < -0.4 is 15.0 Å². The van der Waals surface area contributed by atoms with E-state index in [1.54, 1.807) is 17.0 Å². The zero-order valence-corrected chi connectivity index (χ0v) is 11.6. The predicted octanol–water partition coefficient (Wildman–Crippen LogP) is 3.07. The van der Waals surface area contributed by atoms with Crippen molar-refractivity contribution in [2.75, 3.05) is 18.6 Å². The molecule has 1 aliphatic carbocycles. The molecule has 0 radical (unpaired) electrons. The van der Waals surface area contributed by atoms with Gasteiger partial charge in [-0.25, -0.2) is 9.18 Å². The van der Waals surface area contributed by atoms with Crippen LogP contribution in [-0.2, 0) is 0 Å². The van der Waals surface area contributed by atoms with E-state index in [-0.39, 0.29) is 17.3 Å². The number of hydrogen-bond donors (Lipinski definition) is 1. The Kier molecular flexibility index (Phi) is 3.28. The predicted molar refractivity (Wildman–Crippen MR) is 74.6 cm³/mol. The molecule has 108 valence electrons. The van der Waals surface area contributed by atoms with Crippen LogP contribution in [0.5, 0.6) is 5.75 Å². The van der Waals surface area contributed by atoms with Crippen LogP contribution in [-0.4, -0.2) is 25.2 Å². The molecule has 0 unspecified atom stereocenters. The molecule has 2 amide bonds. The number of methoxy groups -OCH3 is 1. The van der Waals surface area contributed by atoms with Gasteiger partial charge in [0, 0.05) is 11.8 Å². The van der Waals surface area contributed by atoms with Gasteiger partial charge in [-0.15, -0.1) is 0 Å². The fourth-order valence-electron chi connectivity index (χ4n) is 3.24. The molecule has 20 heavy (non-hydrogen) atoms. The summed E-state index contributed by atoms with van der Waals surface area (Å²) in [7, 11) is 1.43. The van der Waals surface area contributed by atoms with Crippen LogP contribution in [0.15, 0.2) is 18.2 Å². The molecule has 1 saturated carbocycles. The lowest BCUT2D eigenvalue weighted by Crippen LogP contribution is -2.44. The summed E-state index contributed by atoms with van der Waals surface area (Å²) < 4.78 is 18.4. The van der Waals surface area contributed by atoms with Crippen LogP contribution in [0.4, 0.5) is 14.9 Å². The zero-order valence-electron chi connectivity index (χ0n) is 11.6. The topological polar surface area (TPSA) is 41.6 Å². The lowest BCUT2D eigenvalue weighted by Gasteiger charge is -2.32. The molecule has 0 atom stereocenters. The normalized spacial score (nSPS) is 21.1. The number of halogens is 1. The fraction of sp³-hybridized carbons (Fsp3) is 0.533. The van der Waals surface area contributed by atoms with Crippen molar-refractivity contribution in [3.05, 3.63) is 24.0 Å². The summed E-state index contributed by atoms with van der Waals surface area (Å²) in [5, 5.41) is 3.12. The Morgan fingerprint density at radius 2 is 2.05 bits per heavy atom. The third-order valence-electron chi connectivity index (χ3n) is 4.34. The highest BCUT2D eigenvalue weighted by Gasteiger charge is 2.43. The van der Waals surface area contributed by atoms with Crippen LogP contribution in [0.2, 0.25) is 0 Å². The van der Waals surface area contributed by atoms with Gasteiger partial charge >= 0.3 is 6.03 Å². The lowest BCUT2D eigenvalue weighted by atomic mass is 9.82. The maximum Gasteiger partial charge on any atom is 0.322 e. The molecular formula is C15H19FN2O2. The SMILES string of the molecule is COc1cc(N2CC3(CCCCC3)NC2=O)ccc1F. The van der Waals surface area contributed by atoms with Crippen molar-refractivity contribution < 1.29 is 13.9 Å². The van der Waals surface area contributed by atoms with Gasteiger partial charge in [0.25, 0.3) is 0 Å². The van der Waals surface area contributed by atoms with E-state index >= 15 is 0 Å². The average Bonchev–Trinajstić information content (AvgIpc) is 2.76. The number of carbonyl (C=O) groups is 1. The zero-order chi connectivity index (χ0) is 14.2. The number of urea groups is 1. The Balaban J connectivity index is 1.85. The van der Waals surface area contributed by atoms with Crippen LogP contribution >= 0.6 is 0 Å². The maximum atomic E-state index is 13.5. The summed E-state index contributed by atoms with van der Waals surface area (Å²) in [5.41, 5.74) is 0.583. The minimum Gasteiger partial charge on any atom is -0.494 e. The average molecular weight is 278 g/mol. The van der Waals surface area contributed by atoms with E-state index in [0.717, 1.165) is 25.7 Å². The first-order valence-corrected chi connectivity index (χ1v) is 7.07. The largest absolute Gasteiger partial charge is 0.494 e. The first kappa shape index (κ1) is 13.2. The highest BCUT2D eigenvalue weighted by atomic mass is 19.1. The number of nitrogens with zero attached hydrogens (tertiary/aromatic N) is 1. The minimum absolute atomic E-state index is 0.0967. The number of amides is 2. The number of rotatable bonds is 2. The van der Waals surface area contributed by atoms with Gasteiger partial charge in [0.1, 0.15) is 0 Å². The minimum atomic E-state index is -0.414. The summed E-state index contributed by atoms with van der Waals surface area (Å²) in [6.07, 6.45) is 5.59. The van der Waals surface area contributed by atoms with Crippen LogP contribution in [0.25, 0.3) is 0 Å². The monoisotopic (exact) mass is 278 g/mol. The summed E-state index contributed by atoms with van der Waals surface area (Å²) in [4.78, 5) is 13.9. The molecule has 0 aromatic heterocycles. The standard InChI is InChI=1S/C15H19FN2O2/c1-20-13-9-11(5-6-12(13)16)18-10-15(17-14(18)19)7-3-2-4-8-15/h5-6,9H,2-4,7-8,10H2,1H3,(H,17,19). The molecule has 1 saturated heterocycles. The van der Waals surface area contributed by atoms with E-state index < -0.39 is 5.82 Å². The Hall–Kier alpha value is -1.78. The van der Waals surface area contributed by atoms with Crippen LogP contribution in [0.3, 0.4) is 0 Å². The molecule has 1 aromatic rings. The van der Waals surface area contributed by atoms with E-state index in [4.69, 9.17) is 4.74 Å². The van der Waals surface area contributed by atoms with Gasteiger partial charge in [-0.3, -0.25) is 4.90 Å². The fourth-order valence-corrected chi connectivity index (χ4v) is 3.24. The van der Waals surface area contributed by atoms with Gasteiger partial charge in [0.15, 0.2) is 11.6 Å². The number of hydrogen-bond acceptors (Lipinski definition) is 2. The first-order valence-electron chi connectivity index (χ1n) is 7.07. The quantitative estimate of drug-likeness (QED) is 0.903. The van der Waals surface area contributed by atoms with Gasteiger partial charge in [0.05, 0.1) is 19.2 Å². The van der Waals surface area contributed by atoms with E-state index in [9.17, 15) is 9.18 Å². The van der Waals surface area contributed by atoms with Crippen molar-refractivity contribution in [2.45, 2.75) is 37.6 Å². The van der Waals surface area contributed by atoms with E-state index in [2.05, 4.69) is 5.32 Å². The van der Waals surface area contributed by atoms with Crippen molar-refractivity contribution in [1.82, 2.24) is 5.32 Å². The number of anilines is 1. The Bertz CT molecular complexity index is 527. The molecule has 1 heterocycles. The number of benzene rings is 1. The van der Waals surface area contributed by atoms with Crippen molar-refractivity contribution >= 4 is 11.7 Å². The Morgan fingerprint density at radius 1 is 1.30 bits per heavy atom. The molecule has 0 bridgehead atoms. The molecule has 1 aromatic carbocycles. The van der Waals surface area contributed by atoms with Crippen molar-refractivity contribution in [3.63, 3.8) is 0 Å². The number of carbonyl (C=O) groups excluding carboxylic acids is 1. The second kappa shape index (κ2) is 4.96. The Labute approximate surface area is 117 Å². The number of ether oxygens (including phenoxy) is 1. The summed E-state index contributed by atoms with van der Waals surface area (Å²) >= 11 is 0. The molecule has 4 nitrogen and oxygen atoms in total. The molecule has 2 fully saturated rings. The first-order chi connectivity index (χ1) is 9.63. The second-order valence-electron chi connectivity index (χ2n) is 5.68. The molecule has 2 aliphatic rings. The van der Waals surface area contributed by atoms with Gasteiger partial charge in [-0.1, -0.05) is 19.3 Å². The molecule has 1 N–H and O–H groups in total. The molecule has 1 spiro atoms. The van der Waals surface area contributed by atoms with Crippen molar-refractivity contribution in [1.29, 1.82) is 0 Å². The van der Waals surface area contributed by atoms with E-state index in [0.29, 0.717) is 12.2 Å². The highest BCUT2D eigenvalue weighted by Crippen LogP contribution is 2.35. The van der Waals surface area contributed by atoms with Crippen molar-refractivity contribution in [3.8, 4) is 5.75 Å². The molecule has 5 heteroatoms. The summed E-state index contributed by atoms with van der Waals surface area (Å²) in [6, 6.07) is 4.45. The third kappa shape index (κ3) is 2.21. The maximum absolute atomic E-state index is 13.5. The second-order valence-corrected chi connectivity index (χ2v) is 5.68. The van der Waals surface area contributed by atoms with Crippen LogP contribution in [0.1, 0.15) is 32.1 Å². The van der Waals surface area contributed by atoms with Gasteiger partial charge in [-0.05, 0) is 25.0 Å². The van der Waals surface area contributed by atoms with E-state index in [1.165, 1.54) is 19.6 Å². The van der Waals surface area contributed by atoms with Gasteiger partial charge in [0.2, 0.25) is 0 Å². The highest BCUT2D eigenvalue weighted by molar-refractivity contribution is 5.95. The lowest BCUT2D eigenvalue weighted by molar-refractivity contribution is 0.237. The Morgan fingerprint density at radius 3 is 2.75 bits per heavy atom. The number of nitrogens with one attached hydrogen (secondary N) is 1. The molecular weight excluding hydrogens is 259 g/mol. The molecule has 1 aliphatic heterocycles. The summed E-state index contributed by atoms with van der Waals surface area (Å²) in [6.45, 7) is 0.653.